The second-order valence-electron chi connectivity index (χ2n) is 2.25. The molecule has 0 bridgehead atoms. The van der Waals surface area contributed by atoms with Crippen LogP contribution in [0.15, 0.2) is 0 Å². The Labute approximate surface area is 66.4 Å². The lowest BCUT2D eigenvalue weighted by Gasteiger charge is -2.11. The van der Waals surface area contributed by atoms with Crippen molar-refractivity contribution in [3.05, 3.63) is 0 Å². The summed E-state index contributed by atoms with van der Waals surface area (Å²) in [6, 6.07) is 0. The Balaban J connectivity index is 0. The first-order valence-corrected chi connectivity index (χ1v) is 4.49. The monoisotopic (exact) mass is 145 g/mol. The molecule has 0 aromatic heterocycles. The molecule has 0 aliphatic heterocycles. The van der Waals surface area contributed by atoms with Gasteiger partial charge >= 0.3 is 0 Å². The van der Waals surface area contributed by atoms with Gasteiger partial charge in [0.25, 0.3) is 0 Å². The van der Waals surface area contributed by atoms with Crippen molar-refractivity contribution in [2.75, 3.05) is 20.1 Å². The van der Waals surface area contributed by atoms with Crippen LogP contribution in [0, 0.1) is 0 Å². The van der Waals surface area contributed by atoms with Crippen LogP contribution < -0.4 is 0 Å². The molecule has 1 heteroatoms. The van der Waals surface area contributed by atoms with E-state index in [4.69, 9.17) is 0 Å². The van der Waals surface area contributed by atoms with Crippen LogP contribution in [0.3, 0.4) is 0 Å². The fourth-order valence-electron chi connectivity index (χ4n) is 0.586. The van der Waals surface area contributed by atoms with E-state index in [9.17, 15) is 0 Å². The Morgan fingerprint density at radius 2 is 1.60 bits per heavy atom. The van der Waals surface area contributed by atoms with Gasteiger partial charge in [0.15, 0.2) is 0 Å². The molecule has 1 nitrogen and oxygen atoms in total. The number of unbranched alkanes of at least 4 members (excludes halogenated alkanes) is 1. The quantitative estimate of drug-likeness (QED) is 0.588. The SMILES string of the molecule is CC.CCCCN(C)CC. The largest absolute Gasteiger partial charge is 0.307 e. The molecule has 0 rings (SSSR count). The summed E-state index contributed by atoms with van der Waals surface area (Å²) < 4.78 is 0. The highest BCUT2D eigenvalue weighted by Gasteiger charge is 1.89. The van der Waals surface area contributed by atoms with Crippen LogP contribution in [-0.4, -0.2) is 25.0 Å². The molecule has 0 aromatic rings. The normalized spacial score (nSPS) is 9.00. The van der Waals surface area contributed by atoms with Gasteiger partial charge < -0.3 is 4.90 Å². The number of hydrogen-bond acceptors (Lipinski definition) is 1. The van der Waals surface area contributed by atoms with Gasteiger partial charge in [0.05, 0.1) is 0 Å². The first-order valence-electron chi connectivity index (χ1n) is 4.49. The molecule has 0 unspecified atom stereocenters. The molecule has 64 valence electrons. The standard InChI is InChI=1S/C7H17N.C2H6/c1-4-6-7-8(3)5-2;1-2/h4-7H2,1-3H3;1-2H3. The Kier molecular flexibility index (Phi) is 14.8. The molecule has 0 aliphatic rings. The fraction of sp³-hybridized carbons (Fsp3) is 1.00. The second kappa shape index (κ2) is 11.7. The van der Waals surface area contributed by atoms with Crippen LogP contribution in [0.5, 0.6) is 0 Å². The van der Waals surface area contributed by atoms with Crippen molar-refractivity contribution in [2.24, 2.45) is 0 Å². The van der Waals surface area contributed by atoms with Crippen LogP contribution in [0.4, 0.5) is 0 Å². The van der Waals surface area contributed by atoms with Crippen molar-refractivity contribution in [1.82, 2.24) is 4.90 Å². The van der Waals surface area contributed by atoms with Crippen LogP contribution in [0.2, 0.25) is 0 Å². The van der Waals surface area contributed by atoms with Gasteiger partial charge in [-0.2, -0.15) is 0 Å². The van der Waals surface area contributed by atoms with Gasteiger partial charge in [-0.05, 0) is 26.6 Å². The van der Waals surface area contributed by atoms with E-state index in [-0.39, 0.29) is 0 Å². The van der Waals surface area contributed by atoms with E-state index in [0.717, 1.165) is 0 Å². The van der Waals surface area contributed by atoms with Gasteiger partial charge in [0, 0.05) is 0 Å². The zero-order valence-corrected chi connectivity index (χ0v) is 8.28. The summed E-state index contributed by atoms with van der Waals surface area (Å²) in [5.41, 5.74) is 0. The predicted molar refractivity (Wildman–Crippen MR) is 49.4 cm³/mol. The summed E-state index contributed by atoms with van der Waals surface area (Å²) in [5.74, 6) is 0. The van der Waals surface area contributed by atoms with Crippen molar-refractivity contribution < 1.29 is 0 Å². The van der Waals surface area contributed by atoms with E-state index in [1.807, 2.05) is 13.8 Å². The summed E-state index contributed by atoms with van der Waals surface area (Å²) in [6.07, 6.45) is 2.65. The van der Waals surface area contributed by atoms with E-state index in [1.165, 1.54) is 25.9 Å². The summed E-state index contributed by atoms with van der Waals surface area (Å²) >= 11 is 0. The van der Waals surface area contributed by atoms with Crippen molar-refractivity contribution in [2.45, 2.75) is 40.5 Å². The summed E-state index contributed by atoms with van der Waals surface area (Å²) in [5, 5.41) is 0. The van der Waals surface area contributed by atoms with Gasteiger partial charge in [0.1, 0.15) is 0 Å². The lowest BCUT2D eigenvalue weighted by atomic mass is 10.3. The van der Waals surface area contributed by atoms with E-state index >= 15 is 0 Å². The smallest absolute Gasteiger partial charge is 0.00220 e. The van der Waals surface area contributed by atoms with Gasteiger partial charge in [0.2, 0.25) is 0 Å². The molecule has 0 saturated heterocycles. The van der Waals surface area contributed by atoms with Crippen LogP contribution in [0.1, 0.15) is 40.5 Å². The summed E-state index contributed by atoms with van der Waals surface area (Å²) in [4.78, 5) is 2.34. The number of hydrogen-bond donors (Lipinski definition) is 0. The molecule has 0 radical (unpaired) electrons. The number of rotatable bonds is 4. The first kappa shape index (κ1) is 12.6. The Morgan fingerprint density at radius 3 is 1.90 bits per heavy atom. The van der Waals surface area contributed by atoms with Crippen LogP contribution in [-0.2, 0) is 0 Å². The molecule has 0 aliphatic carbocycles. The van der Waals surface area contributed by atoms with Crippen molar-refractivity contribution >= 4 is 0 Å². The second-order valence-corrected chi connectivity index (χ2v) is 2.25. The third kappa shape index (κ3) is 10.9. The van der Waals surface area contributed by atoms with E-state index in [1.54, 1.807) is 0 Å². The lowest BCUT2D eigenvalue weighted by Crippen LogP contribution is -2.18. The van der Waals surface area contributed by atoms with Crippen molar-refractivity contribution in [3.8, 4) is 0 Å². The highest BCUT2D eigenvalue weighted by molar-refractivity contribution is 4.44. The zero-order valence-electron chi connectivity index (χ0n) is 8.28. The van der Waals surface area contributed by atoms with Crippen molar-refractivity contribution in [3.63, 3.8) is 0 Å². The van der Waals surface area contributed by atoms with E-state index in [0.29, 0.717) is 0 Å². The topological polar surface area (TPSA) is 3.24 Å². The van der Waals surface area contributed by atoms with E-state index < -0.39 is 0 Å². The van der Waals surface area contributed by atoms with Gasteiger partial charge in [-0.3, -0.25) is 0 Å². The lowest BCUT2D eigenvalue weighted by molar-refractivity contribution is 0.346. The molecule has 0 saturated carbocycles. The molecular formula is C9H23N. The third-order valence-electron chi connectivity index (χ3n) is 1.43. The molecule has 0 heterocycles. The molecule has 0 atom stereocenters. The van der Waals surface area contributed by atoms with Crippen LogP contribution in [0.25, 0.3) is 0 Å². The molecular weight excluding hydrogens is 122 g/mol. The first-order chi connectivity index (χ1) is 4.81. The maximum Gasteiger partial charge on any atom is -0.00220 e. The Bertz CT molecular complexity index is 44.0. The average molecular weight is 145 g/mol. The summed E-state index contributed by atoms with van der Waals surface area (Å²) in [7, 11) is 2.16. The predicted octanol–water partition coefficient (Wildman–Crippen LogP) is 2.76. The summed E-state index contributed by atoms with van der Waals surface area (Å²) in [6.45, 7) is 10.9. The molecule has 0 amide bonds. The minimum absolute atomic E-state index is 1.18. The van der Waals surface area contributed by atoms with Gasteiger partial charge in [-0.15, -0.1) is 0 Å². The maximum absolute atomic E-state index is 2.34. The fourth-order valence-corrected chi connectivity index (χ4v) is 0.586. The third-order valence-corrected chi connectivity index (χ3v) is 1.43. The van der Waals surface area contributed by atoms with Gasteiger partial charge in [-0.1, -0.05) is 34.1 Å². The zero-order chi connectivity index (χ0) is 8.41. The minimum atomic E-state index is 1.18. The highest BCUT2D eigenvalue weighted by Crippen LogP contribution is 1.89. The van der Waals surface area contributed by atoms with E-state index in [2.05, 4.69) is 25.8 Å². The number of nitrogens with zero attached hydrogens (tertiary/aromatic N) is 1. The highest BCUT2D eigenvalue weighted by atomic mass is 15.1. The van der Waals surface area contributed by atoms with Gasteiger partial charge in [-0.25, -0.2) is 0 Å². The van der Waals surface area contributed by atoms with Crippen molar-refractivity contribution in [1.29, 1.82) is 0 Å². The molecule has 0 N–H and O–H groups in total. The molecule has 0 aromatic carbocycles. The molecule has 0 spiro atoms. The Hall–Kier alpha value is -0.0400. The molecule has 0 fully saturated rings. The maximum atomic E-state index is 2.34. The Morgan fingerprint density at radius 1 is 1.10 bits per heavy atom. The van der Waals surface area contributed by atoms with Crippen LogP contribution >= 0.6 is 0 Å². The molecule has 10 heavy (non-hydrogen) atoms. The minimum Gasteiger partial charge on any atom is -0.307 e. The average Bonchev–Trinajstić information content (AvgIpc) is 2.04.